The molecule has 2 saturated heterocycles. The van der Waals surface area contributed by atoms with E-state index >= 15 is 0 Å². The van der Waals surface area contributed by atoms with Crippen molar-refractivity contribution in [1.29, 1.82) is 0 Å². The van der Waals surface area contributed by atoms with E-state index in [1.54, 1.807) is 31.3 Å². The van der Waals surface area contributed by atoms with Crippen LogP contribution >= 0.6 is 0 Å². The molecule has 2 aliphatic rings. The Balaban J connectivity index is 1.32. The molecule has 12 nitrogen and oxygen atoms in total. The number of carbonyl (C=O) groups is 4. The first-order valence-corrected chi connectivity index (χ1v) is 12.5. The average Bonchev–Trinajstić information content (AvgIpc) is 3.65. The fourth-order valence-electron chi connectivity index (χ4n) is 5.03. The minimum absolute atomic E-state index is 0.152. The second-order valence-electron chi connectivity index (χ2n) is 9.64. The first kappa shape index (κ1) is 25.2. The van der Waals surface area contributed by atoms with Crippen LogP contribution in [0.2, 0.25) is 0 Å². The van der Waals surface area contributed by atoms with Crippen molar-refractivity contribution < 1.29 is 23.6 Å². The maximum Gasteiger partial charge on any atom is 0.336 e. The van der Waals surface area contributed by atoms with Gasteiger partial charge in [-0.2, -0.15) is 0 Å². The molecule has 0 saturated carbocycles. The van der Waals surface area contributed by atoms with Crippen LogP contribution in [0.3, 0.4) is 0 Å². The van der Waals surface area contributed by atoms with Crippen LogP contribution in [0.1, 0.15) is 36.9 Å². The van der Waals surface area contributed by atoms with Crippen molar-refractivity contribution in [3.63, 3.8) is 0 Å². The van der Waals surface area contributed by atoms with Crippen LogP contribution in [0, 0.1) is 6.92 Å². The van der Waals surface area contributed by atoms with E-state index in [-0.39, 0.29) is 24.7 Å². The van der Waals surface area contributed by atoms with Crippen molar-refractivity contribution in [2.24, 2.45) is 0 Å². The number of imidazole rings is 1. The number of aromatic nitrogens is 2. The Morgan fingerprint density at radius 2 is 2.03 bits per heavy atom. The summed E-state index contributed by atoms with van der Waals surface area (Å²) in [5, 5.41) is 8.97. The van der Waals surface area contributed by atoms with Gasteiger partial charge in [0.05, 0.1) is 6.33 Å². The predicted molar refractivity (Wildman–Crippen MR) is 136 cm³/mol. The van der Waals surface area contributed by atoms with E-state index in [1.807, 2.05) is 0 Å². The summed E-state index contributed by atoms with van der Waals surface area (Å²) in [6.07, 6.45) is 4.90. The number of amides is 4. The Morgan fingerprint density at radius 1 is 1.18 bits per heavy atom. The maximum absolute atomic E-state index is 13.7. The second-order valence-corrected chi connectivity index (χ2v) is 9.64. The Labute approximate surface area is 217 Å². The lowest BCUT2D eigenvalue weighted by atomic mass is 10.1. The first-order chi connectivity index (χ1) is 18.3. The standard InChI is InChI=1S/C26H28N6O6/c1-14-9-23(34)38-21-11-15(4-5-17(14)21)29-25(36)20-3-2-8-32(20)26(37)19(10-16-12-27-13-28-16)31-24(35)18-6-7-22(33)30-18/h4-5,9,11-13,18-20H,2-3,6-8,10H2,1H3,(H,27,28)(H,29,36)(H,30,33)(H,31,35)/t18-,19-,20-/m0/s1. The number of H-pyrrole nitrogens is 1. The molecule has 1 aromatic carbocycles. The number of nitrogens with one attached hydrogen (secondary N) is 4. The number of aryl methyl sites for hydroxylation is 1. The van der Waals surface area contributed by atoms with E-state index in [0.29, 0.717) is 42.8 Å². The molecule has 38 heavy (non-hydrogen) atoms. The molecule has 2 fully saturated rings. The van der Waals surface area contributed by atoms with Gasteiger partial charge in [-0.3, -0.25) is 19.2 Å². The monoisotopic (exact) mass is 520 g/mol. The van der Waals surface area contributed by atoms with E-state index in [2.05, 4.69) is 25.9 Å². The largest absolute Gasteiger partial charge is 0.423 e. The summed E-state index contributed by atoms with van der Waals surface area (Å²) in [4.78, 5) is 71.5. The highest BCUT2D eigenvalue weighted by Crippen LogP contribution is 2.24. The molecule has 2 aromatic heterocycles. The third kappa shape index (κ3) is 5.29. The number of aromatic amines is 1. The number of fused-ring (bicyclic) bond motifs is 1. The molecule has 12 heteroatoms. The predicted octanol–water partition coefficient (Wildman–Crippen LogP) is 0.760. The van der Waals surface area contributed by atoms with Crippen LogP contribution in [0.15, 0.2) is 46.0 Å². The molecule has 0 aliphatic carbocycles. The Bertz CT molecular complexity index is 1450. The number of carbonyl (C=O) groups excluding carboxylic acids is 4. The average molecular weight is 521 g/mol. The van der Waals surface area contributed by atoms with Crippen molar-refractivity contribution >= 4 is 40.3 Å². The van der Waals surface area contributed by atoms with Gasteiger partial charge in [-0.15, -0.1) is 0 Å². The van der Waals surface area contributed by atoms with Gasteiger partial charge in [0.1, 0.15) is 23.7 Å². The smallest absolute Gasteiger partial charge is 0.336 e. The van der Waals surface area contributed by atoms with Crippen LogP contribution in [0.25, 0.3) is 11.0 Å². The summed E-state index contributed by atoms with van der Waals surface area (Å²) in [6.45, 7) is 2.16. The number of nitrogens with zero attached hydrogens (tertiary/aromatic N) is 2. The zero-order valence-electron chi connectivity index (χ0n) is 20.8. The molecule has 5 rings (SSSR count). The summed E-state index contributed by atoms with van der Waals surface area (Å²) >= 11 is 0. The summed E-state index contributed by atoms with van der Waals surface area (Å²) in [5.41, 5.74) is 1.73. The fraction of sp³-hybridized carbons (Fsp3) is 0.385. The van der Waals surface area contributed by atoms with Crippen LogP contribution in [-0.4, -0.2) is 63.2 Å². The number of hydrogen-bond donors (Lipinski definition) is 4. The number of hydrogen-bond acceptors (Lipinski definition) is 7. The van der Waals surface area contributed by atoms with Crippen molar-refractivity contribution in [3.05, 3.63) is 58.5 Å². The highest BCUT2D eigenvalue weighted by molar-refractivity contribution is 6.00. The summed E-state index contributed by atoms with van der Waals surface area (Å²) < 4.78 is 5.27. The van der Waals surface area contributed by atoms with E-state index in [1.165, 1.54) is 17.3 Å². The topological polar surface area (TPSA) is 166 Å². The van der Waals surface area contributed by atoms with Crippen molar-refractivity contribution in [1.82, 2.24) is 25.5 Å². The lowest BCUT2D eigenvalue weighted by Crippen LogP contribution is -2.55. The highest BCUT2D eigenvalue weighted by Gasteiger charge is 2.39. The zero-order chi connectivity index (χ0) is 26.8. The molecule has 0 unspecified atom stereocenters. The van der Waals surface area contributed by atoms with E-state index < -0.39 is 35.6 Å². The third-order valence-corrected chi connectivity index (χ3v) is 6.96. The minimum atomic E-state index is -0.952. The van der Waals surface area contributed by atoms with Crippen molar-refractivity contribution in [2.75, 3.05) is 11.9 Å². The number of benzene rings is 1. The number of anilines is 1. The number of rotatable bonds is 7. The number of likely N-dealkylation sites (tertiary alicyclic amines) is 1. The quantitative estimate of drug-likeness (QED) is 0.334. The lowest BCUT2D eigenvalue weighted by Gasteiger charge is -2.29. The molecule has 0 spiro atoms. The molecule has 3 atom stereocenters. The second kappa shape index (κ2) is 10.5. The van der Waals surface area contributed by atoms with Gasteiger partial charge in [0.2, 0.25) is 23.6 Å². The normalized spacial score (nSPS) is 19.8. The minimum Gasteiger partial charge on any atom is -0.423 e. The van der Waals surface area contributed by atoms with Crippen LogP contribution in [0.5, 0.6) is 0 Å². The van der Waals surface area contributed by atoms with Gasteiger partial charge >= 0.3 is 5.63 Å². The fourth-order valence-corrected chi connectivity index (χ4v) is 5.03. The molecular weight excluding hydrogens is 492 g/mol. The molecule has 3 aromatic rings. The van der Waals surface area contributed by atoms with Gasteiger partial charge in [-0.25, -0.2) is 9.78 Å². The van der Waals surface area contributed by atoms with Gasteiger partial charge in [0, 0.05) is 54.5 Å². The van der Waals surface area contributed by atoms with Gasteiger partial charge in [0.15, 0.2) is 0 Å². The van der Waals surface area contributed by atoms with Gasteiger partial charge in [0.25, 0.3) is 0 Å². The van der Waals surface area contributed by atoms with Crippen molar-refractivity contribution in [3.8, 4) is 0 Å². The molecule has 4 N–H and O–H groups in total. The Morgan fingerprint density at radius 3 is 2.76 bits per heavy atom. The lowest BCUT2D eigenvalue weighted by molar-refractivity contribution is -0.140. The van der Waals surface area contributed by atoms with E-state index in [9.17, 15) is 24.0 Å². The molecule has 4 heterocycles. The molecule has 2 aliphatic heterocycles. The van der Waals surface area contributed by atoms with Gasteiger partial charge in [-0.05, 0) is 43.9 Å². The van der Waals surface area contributed by atoms with Crippen molar-refractivity contribution in [2.45, 2.75) is 57.2 Å². The summed E-state index contributed by atoms with van der Waals surface area (Å²) in [6, 6.07) is 4.07. The maximum atomic E-state index is 13.7. The zero-order valence-corrected chi connectivity index (χ0v) is 20.8. The van der Waals surface area contributed by atoms with Gasteiger partial charge < -0.3 is 30.3 Å². The van der Waals surface area contributed by atoms with Crippen LogP contribution in [0.4, 0.5) is 5.69 Å². The Hall–Kier alpha value is -4.48. The molecule has 0 bridgehead atoms. The third-order valence-electron chi connectivity index (χ3n) is 6.96. The first-order valence-electron chi connectivity index (χ1n) is 12.5. The molecule has 198 valence electrons. The molecule has 0 radical (unpaired) electrons. The van der Waals surface area contributed by atoms with E-state index in [4.69, 9.17) is 4.42 Å². The van der Waals surface area contributed by atoms with Crippen LogP contribution < -0.4 is 21.6 Å². The Kier molecular flexibility index (Phi) is 6.95. The van der Waals surface area contributed by atoms with Crippen LogP contribution in [-0.2, 0) is 25.6 Å². The van der Waals surface area contributed by atoms with E-state index in [0.717, 1.165) is 10.9 Å². The highest BCUT2D eigenvalue weighted by atomic mass is 16.4. The SMILES string of the molecule is Cc1cc(=O)oc2cc(NC(=O)[C@@H]3CCCN3C(=O)[C@H](Cc3cnc[nH]3)NC(=O)[C@@H]3CCC(=O)N3)ccc12. The molecular formula is C26H28N6O6. The molecule has 4 amide bonds. The van der Waals surface area contributed by atoms with Gasteiger partial charge in [-0.1, -0.05) is 0 Å². The summed E-state index contributed by atoms with van der Waals surface area (Å²) in [5.74, 6) is -1.42. The summed E-state index contributed by atoms with van der Waals surface area (Å²) in [7, 11) is 0.